The van der Waals surface area contributed by atoms with Gasteiger partial charge in [0, 0.05) is 24.2 Å². The van der Waals surface area contributed by atoms with Crippen molar-refractivity contribution in [3.05, 3.63) is 91.1 Å². The minimum Gasteiger partial charge on any atom is -0.489 e. The molecule has 1 aliphatic heterocycles. The molecule has 0 spiro atoms. The Hall–Kier alpha value is -3.77. The molecule has 5 heterocycles. The van der Waals surface area contributed by atoms with Gasteiger partial charge >= 0.3 is 0 Å². The smallest absolute Gasteiger partial charge is 0.137 e. The highest BCUT2D eigenvalue weighted by atomic mass is 16.5. The predicted octanol–water partition coefficient (Wildman–Crippen LogP) is 6.44. The Kier molecular flexibility index (Phi) is 9.00. The number of hydrogen-bond donors (Lipinski definition) is 1. The van der Waals surface area contributed by atoms with E-state index in [0.29, 0.717) is 0 Å². The third-order valence-electron chi connectivity index (χ3n) is 5.81. The lowest BCUT2D eigenvalue weighted by molar-refractivity contribution is 0.162. The second-order valence-electron chi connectivity index (χ2n) is 8.95. The fourth-order valence-electron chi connectivity index (χ4n) is 3.99. The zero-order valence-electron chi connectivity index (χ0n) is 21.4. The molecule has 0 unspecified atom stereocenters. The Bertz CT molecular complexity index is 1310. The van der Waals surface area contributed by atoms with Gasteiger partial charge in [0.2, 0.25) is 0 Å². The van der Waals surface area contributed by atoms with Crippen LogP contribution in [0, 0.1) is 6.92 Å². The summed E-state index contributed by atoms with van der Waals surface area (Å²) in [4.78, 5) is 13.7. The number of imidazole rings is 1. The number of nitrogens with one attached hydrogen (secondary N) is 1. The molecule has 1 saturated heterocycles. The van der Waals surface area contributed by atoms with Gasteiger partial charge in [-0.2, -0.15) is 0 Å². The van der Waals surface area contributed by atoms with Crippen LogP contribution in [0.25, 0.3) is 28.2 Å². The number of rotatable bonds is 4. The van der Waals surface area contributed by atoms with Gasteiger partial charge in [0.25, 0.3) is 0 Å². The molecular formula is C30H35N5O. The number of hydrogen-bond acceptors (Lipinski definition) is 5. The van der Waals surface area contributed by atoms with Gasteiger partial charge in [0.1, 0.15) is 17.5 Å². The van der Waals surface area contributed by atoms with Crippen molar-refractivity contribution < 1.29 is 4.74 Å². The molecule has 4 aromatic heterocycles. The Morgan fingerprint density at radius 2 is 1.75 bits per heavy atom. The molecule has 0 aromatic carbocycles. The van der Waals surface area contributed by atoms with E-state index in [0.717, 1.165) is 65.4 Å². The summed E-state index contributed by atoms with van der Waals surface area (Å²) in [6.07, 6.45) is 12.8. The molecule has 6 nitrogen and oxygen atoms in total. The lowest BCUT2D eigenvalue weighted by atomic mass is 10.1. The van der Waals surface area contributed by atoms with E-state index in [1.165, 1.54) is 6.42 Å². The van der Waals surface area contributed by atoms with E-state index in [9.17, 15) is 0 Å². The van der Waals surface area contributed by atoms with Gasteiger partial charge < -0.3 is 10.1 Å². The highest BCUT2D eigenvalue weighted by Gasteiger charge is 2.14. The molecule has 4 aromatic rings. The maximum absolute atomic E-state index is 6.26. The summed E-state index contributed by atoms with van der Waals surface area (Å²) < 4.78 is 8.32. The monoisotopic (exact) mass is 481 g/mol. The molecule has 36 heavy (non-hydrogen) atoms. The van der Waals surface area contributed by atoms with Crippen molar-refractivity contribution in [1.29, 1.82) is 0 Å². The first-order chi connectivity index (χ1) is 17.7. The van der Waals surface area contributed by atoms with Crippen molar-refractivity contribution in [2.75, 3.05) is 13.1 Å². The highest BCUT2D eigenvalue weighted by Crippen LogP contribution is 2.24. The van der Waals surface area contributed by atoms with Gasteiger partial charge in [0.15, 0.2) is 0 Å². The van der Waals surface area contributed by atoms with Crippen molar-refractivity contribution >= 4 is 5.65 Å². The van der Waals surface area contributed by atoms with Crippen LogP contribution in [0.1, 0.15) is 38.7 Å². The molecule has 5 rings (SSSR count). The standard InChI is InChI=1S/C27H27N5O.C3H8/c1-20-4-2-6-24(33-23-9-13-28-14-10-23)18-30-25(8-7-20)26-19-31-27-16-21(11-15-32(26)27)22-5-3-12-29-17-22;1-3-2/h2-8,11-12,15-19,23,28H,9-10,13-14H2,1H3;3H2,1-2H3. The van der Waals surface area contributed by atoms with Crippen LogP contribution in [0.5, 0.6) is 5.75 Å². The highest BCUT2D eigenvalue weighted by molar-refractivity contribution is 5.69. The second kappa shape index (κ2) is 12.8. The minimum atomic E-state index is 0.214. The summed E-state index contributed by atoms with van der Waals surface area (Å²) in [7, 11) is 0. The van der Waals surface area contributed by atoms with Crippen molar-refractivity contribution in [3.63, 3.8) is 0 Å². The SMILES string of the molecule is CCC.Cc1cccc(OC2CCNCC2)cnc(-c2cnc3cc(-c4cccnc4)ccn23)cc1. The van der Waals surface area contributed by atoms with Crippen LogP contribution in [0.15, 0.2) is 85.6 Å². The van der Waals surface area contributed by atoms with Crippen LogP contribution in [0.2, 0.25) is 0 Å². The van der Waals surface area contributed by atoms with Crippen LogP contribution in [-0.2, 0) is 0 Å². The fraction of sp³-hybridized carbons (Fsp3) is 0.300. The van der Waals surface area contributed by atoms with Gasteiger partial charge in [-0.3, -0.25) is 14.4 Å². The van der Waals surface area contributed by atoms with Crippen molar-refractivity contribution in [3.8, 4) is 28.3 Å². The Balaban J connectivity index is 0.000000967. The summed E-state index contributed by atoms with van der Waals surface area (Å²) in [5, 5.41) is 3.38. The van der Waals surface area contributed by atoms with Crippen LogP contribution < -0.4 is 10.1 Å². The average Bonchev–Trinajstić information content (AvgIpc) is 3.33. The molecule has 0 amide bonds. The lowest BCUT2D eigenvalue weighted by Gasteiger charge is -2.23. The van der Waals surface area contributed by atoms with E-state index in [4.69, 9.17) is 9.72 Å². The largest absolute Gasteiger partial charge is 0.489 e. The van der Waals surface area contributed by atoms with E-state index in [1.807, 2.05) is 55.1 Å². The summed E-state index contributed by atoms with van der Waals surface area (Å²) in [5.41, 5.74) is 5.89. The van der Waals surface area contributed by atoms with Crippen molar-refractivity contribution in [1.82, 2.24) is 24.7 Å². The zero-order chi connectivity index (χ0) is 25.2. The predicted molar refractivity (Wildman–Crippen MR) is 147 cm³/mol. The number of pyridine rings is 2. The summed E-state index contributed by atoms with van der Waals surface area (Å²) in [6.45, 7) is 8.30. The number of ether oxygens (including phenoxy) is 1. The van der Waals surface area contributed by atoms with Gasteiger partial charge in [-0.15, -0.1) is 0 Å². The minimum absolute atomic E-state index is 0.214. The first-order valence-corrected chi connectivity index (χ1v) is 12.7. The van der Waals surface area contributed by atoms with Gasteiger partial charge in [-0.25, -0.2) is 4.98 Å². The van der Waals surface area contributed by atoms with Crippen LogP contribution >= 0.6 is 0 Å². The normalized spacial score (nSPS) is 13.4. The van der Waals surface area contributed by atoms with Crippen molar-refractivity contribution in [2.45, 2.75) is 46.1 Å². The molecule has 0 saturated carbocycles. The molecule has 186 valence electrons. The molecule has 0 atom stereocenters. The van der Waals surface area contributed by atoms with Crippen LogP contribution in [0.4, 0.5) is 0 Å². The fourth-order valence-corrected chi connectivity index (χ4v) is 3.99. The van der Waals surface area contributed by atoms with Crippen LogP contribution in [-0.4, -0.2) is 38.5 Å². The quantitative estimate of drug-likeness (QED) is 0.363. The molecule has 6 heteroatoms. The first kappa shape index (κ1) is 25.3. The number of aryl methyl sites for hydroxylation is 1. The van der Waals surface area contributed by atoms with Crippen molar-refractivity contribution in [2.24, 2.45) is 0 Å². The molecule has 0 aliphatic carbocycles. The second-order valence-corrected chi connectivity index (χ2v) is 8.95. The average molecular weight is 482 g/mol. The number of aromatic nitrogens is 4. The van der Waals surface area contributed by atoms with Crippen LogP contribution in [0.3, 0.4) is 0 Å². The summed E-state index contributed by atoms with van der Waals surface area (Å²) in [6, 6.07) is 18.3. The van der Waals surface area contributed by atoms with Gasteiger partial charge in [-0.05, 0) is 68.8 Å². The topological polar surface area (TPSA) is 64.3 Å². The molecular weight excluding hydrogens is 446 g/mol. The van der Waals surface area contributed by atoms with Gasteiger partial charge in [0.05, 0.1) is 23.8 Å². The summed E-state index contributed by atoms with van der Waals surface area (Å²) >= 11 is 0. The molecule has 1 fully saturated rings. The Morgan fingerprint density at radius 1 is 0.917 bits per heavy atom. The van der Waals surface area contributed by atoms with E-state index in [1.54, 1.807) is 6.20 Å². The number of piperidine rings is 1. The Morgan fingerprint density at radius 3 is 2.53 bits per heavy atom. The molecule has 1 aliphatic rings. The van der Waals surface area contributed by atoms with Gasteiger partial charge in [-0.1, -0.05) is 50.1 Å². The number of fused-ring (bicyclic) bond motifs is 1. The maximum atomic E-state index is 6.26. The van der Waals surface area contributed by atoms with E-state index < -0.39 is 0 Å². The van der Waals surface area contributed by atoms with E-state index in [-0.39, 0.29) is 6.10 Å². The van der Waals surface area contributed by atoms with E-state index in [2.05, 4.69) is 64.7 Å². The lowest BCUT2D eigenvalue weighted by Crippen LogP contribution is -2.34. The maximum Gasteiger partial charge on any atom is 0.137 e. The third-order valence-corrected chi connectivity index (χ3v) is 5.81. The van der Waals surface area contributed by atoms with E-state index >= 15 is 0 Å². The summed E-state index contributed by atoms with van der Waals surface area (Å²) in [5.74, 6) is 0.770. The Labute approximate surface area is 213 Å². The zero-order valence-corrected chi connectivity index (χ0v) is 21.4. The molecule has 0 radical (unpaired) electrons. The third kappa shape index (κ3) is 6.67. The molecule has 0 bridgehead atoms. The molecule has 1 N–H and O–H groups in total. The number of nitrogens with zero attached hydrogens (tertiary/aromatic N) is 4. The first-order valence-electron chi connectivity index (χ1n) is 12.7.